The summed E-state index contributed by atoms with van der Waals surface area (Å²) in [5.74, 6) is 1.49. The number of hydrogen-bond donors (Lipinski definition) is 0. The molecule has 0 aliphatic heterocycles. The van der Waals surface area contributed by atoms with Crippen LogP contribution in [0.3, 0.4) is 0 Å². The topological polar surface area (TPSA) is 79.4 Å². The van der Waals surface area contributed by atoms with Crippen LogP contribution < -0.4 is 15.1 Å². The number of methoxy groups -OCH3 is 1. The molecule has 0 saturated heterocycles. The predicted octanol–water partition coefficient (Wildman–Crippen LogP) is 3.33. The van der Waals surface area contributed by atoms with Crippen LogP contribution in [0.5, 0.6) is 11.5 Å². The number of aryl methyl sites for hydroxylation is 1. The summed E-state index contributed by atoms with van der Waals surface area (Å²) in [4.78, 5) is 11.9. The summed E-state index contributed by atoms with van der Waals surface area (Å²) >= 11 is 0. The van der Waals surface area contributed by atoms with Gasteiger partial charge in [0.15, 0.2) is 0 Å². The van der Waals surface area contributed by atoms with E-state index in [0.29, 0.717) is 24.4 Å². The first kappa shape index (κ1) is 17.8. The minimum atomic E-state index is -0.378. The predicted molar refractivity (Wildman–Crippen MR) is 104 cm³/mol. The highest BCUT2D eigenvalue weighted by Crippen LogP contribution is 2.20. The van der Waals surface area contributed by atoms with Gasteiger partial charge in [-0.15, -0.1) is 5.10 Å². The summed E-state index contributed by atoms with van der Waals surface area (Å²) in [6.07, 6.45) is 1.80. The molecule has 0 radical (unpaired) electrons. The summed E-state index contributed by atoms with van der Waals surface area (Å²) < 4.78 is 17.8. The van der Waals surface area contributed by atoms with E-state index in [1.54, 1.807) is 18.0 Å². The monoisotopic (exact) mass is 377 g/mol. The van der Waals surface area contributed by atoms with E-state index in [-0.39, 0.29) is 5.63 Å². The molecular weight excluding hydrogens is 358 g/mol. The van der Waals surface area contributed by atoms with Crippen molar-refractivity contribution < 1.29 is 13.9 Å². The van der Waals surface area contributed by atoms with Crippen molar-refractivity contribution in [1.82, 2.24) is 15.0 Å². The zero-order valence-electron chi connectivity index (χ0n) is 15.6. The molecule has 4 aromatic rings. The van der Waals surface area contributed by atoms with E-state index in [2.05, 4.69) is 10.3 Å². The van der Waals surface area contributed by atoms with Gasteiger partial charge in [-0.05, 0) is 48.4 Å². The molecule has 4 rings (SSSR count). The number of rotatable bonds is 6. The lowest BCUT2D eigenvalue weighted by molar-refractivity contribution is 0.300. The van der Waals surface area contributed by atoms with Crippen LogP contribution in [0.4, 0.5) is 0 Å². The Morgan fingerprint density at radius 2 is 1.86 bits per heavy atom. The van der Waals surface area contributed by atoms with Crippen molar-refractivity contribution in [3.05, 3.63) is 82.0 Å². The normalized spacial score (nSPS) is 10.9. The minimum Gasteiger partial charge on any atom is -0.497 e. The van der Waals surface area contributed by atoms with Gasteiger partial charge in [0.2, 0.25) is 0 Å². The molecule has 0 unspecified atom stereocenters. The number of aromatic nitrogens is 3. The van der Waals surface area contributed by atoms with E-state index >= 15 is 0 Å². The van der Waals surface area contributed by atoms with Crippen LogP contribution in [-0.2, 0) is 13.2 Å². The lowest BCUT2D eigenvalue weighted by Gasteiger charge is -2.06. The molecule has 0 aliphatic carbocycles. The van der Waals surface area contributed by atoms with Gasteiger partial charge in [0.05, 0.1) is 19.9 Å². The number of nitrogens with zero attached hydrogens (tertiary/aromatic N) is 3. The first-order chi connectivity index (χ1) is 13.6. The maximum atomic E-state index is 11.9. The molecule has 0 atom stereocenters. The van der Waals surface area contributed by atoms with E-state index in [0.717, 1.165) is 28.0 Å². The molecule has 2 heterocycles. The van der Waals surface area contributed by atoms with Crippen LogP contribution >= 0.6 is 0 Å². The molecule has 7 heteroatoms. The number of benzene rings is 2. The molecule has 2 aromatic heterocycles. The van der Waals surface area contributed by atoms with Gasteiger partial charge < -0.3 is 13.9 Å². The molecule has 28 heavy (non-hydrogen) atoms. The third-order valence-electron chi connectivity index (χ3n) is 4.35. The Balaban J connectivity index is 1.49. The van der Waals surface area contributed by atoms with E-state index in [1.807, 2.05) is 49.4 Å². The van der Waals surface area contributed by atoms with Crippen LogP contribution in [0.2, 0.25) is 0 Å². The summed E-state index contributed by atoms with van der Waals surface area (Å²) in [6.45, 7) is 2.67. The second-order valence-electron chi connectivity index (χ2n) is 6.46. The van der Waals surface area contributed by atoms with Crippen LogP contribution in [0.15, 0.2) is 63.9 Å². The molecule has 0 spiro atoms. The minimum absolute atomic E-state index is 0.295. The summed E-state index contributed by atoms with van der Waals surface area (Å²) in [7, 11) is 1.62. The van der Waals surface area contributed by atoms with Crippen molar-refractivity contribution >= 4 is 11.0 Å². The molecule has 0 bridgehead atoms. The third kappa shape index (κ3) is 3.88. The van der Waals surface area contributed by atoms with Crippen molar-refractivity contribution in [3.8, 4) is 11.5 Å². The van der Waals surface area contributed by atoms with Crippen molar-refractivity contribution in [2.24, 2.45) is 0 Å². The molecular formula is C21H19N3O4. The largest absolute Gasteiger partial charge is 0.497 e. The third-order valence-corrected chi connectivity index (χ3v) is 4.35. The van der Waals surface area contributed by atoms with Crippen LogP contribution in [0.25, 0.3) is 11.0 Å². The number of hydrogen-bond acceptors (Lipinski definition) is 6. The van der Waals surface area contributed by atoms with E-state index in [4.69, 9.17) is 13.9 Å². The van der Waals surface area contributed by atoms with Crippen molar-refractivity contribution in [1.29, 1.82) is 0 Å². The fourth-order valence-corrected chi connectivity index (χ4v) is 2.95. The Labute approximate surface area is 161 Å². The Morgan fingerprint density at radius 3 is 2.64 bits per heavy atom. The highest BCUT2D eigenvalue weighted by molar-refractivity contribution is 5.80. The van der Waals surface area contributed by atoms with Gasteiger partial charge in [0.1, 0.15) is 29.4 Å². The second-order valence-corrected chi connectivity index (χ2v) is 6.46. The van der Waals surface area contributed by atoms with Gasteiger partial charge in [-0.25, -0.2) is 9.48 Å². The molecule has 0 N–H and O–H groups in total. The van der Waals surface area contributed by atoms with Gasteiger partial charge >= 0.3 is 5.63 Å². The number of ether oxygens (including phenoxy) is 2. The smallest absolute Gasteiger partial charge is 0.336 e. The summed E-state index contributed by atoms with van der Waals surface area (Å²) in [5, 5.41) is 9.16. The molecule has 142 valence electrons. The Morgan fingerprint density at radius 1 is 1.07 bits per heavy atom. The Kier molecular flexibility index (Phi) is 4.80. The lowest BCUT2D eigenvalue weighted by Crippen LogP contribution is -2.06. The van der Waals surface area contributed by atoms with E-state index in [9.17, 15) is 4.79 Å². The highest BCUT2D eigenvalue weighted by Gasteiger charge is 2.09. The SMILES string of the molecule is COc1ccc(OCc2cn(Cc3cc(=O)oc4cc(C)ccc34)nn2)cc1. The maximum Gasteiger partial charge on any atom is 0.336 e. The van der Waals surface area contributed by atoms with E-state index < -0.39 is 0 Å². The first-order valence-electron chi connectivity index (χ1n) is 8.80. The van der Waals surface area contributed by atoms with Gasteiger partial charge in [-0.2, -0.15) is 0 Å². The van der Waals surface area contributed by atoms with Crippen LogP contribution in [-0.4, -0.2) is 22.1 Å². The zero-order chi connectivity index (χ0) is 19.5. The Bertz CT molecular complexity index is 1160. The standard InChI is InChI=1S/C21H19N3O4/c1-14-3-8-19-15(10-21(25)28-20(19)9-14)11-24-12-16(22-23-24)13-27-18-6-4-17(26-2)5-7-18/h3-10,12H,11,13H2,1-2H3. The molecule has 0 amide bonds. The second kappa shape index (κ2) is 7.56. The van der Waals surface area contributed by atoms with Gasteiger partial charge in [0, 0.05) is 11.5 Å². The van der Waals surface area contributed by atoms with Crippen molar-refractivity contribution in [2.75, 3.05) is 7.11 Å². The van der Waals surface area contributed by atoms with Gasteiger partial charge in [0.25, 0.3) is 0 Å². The fourth-order valence-electron chi connectivity index (χ4n) is 2.95. The van der Waals surface area contributed by atoms with Gasteiger partial charge in [-0.3, -0.25) is 0 Å². The molecule has 0 aliphatic rings. The van der Waals surface area contributed by atoms with Crippen molar-refractivity contribution in [3.63, 3.8) is 0 Å². The zero-order valence-corrected chi connectivity index (χ0v) is 15.6. The Hall–Kier alpha value is -3.61. The number of fused-ring (bicyclic) bond motifs is 1. The average molecular weight is 377 g/mol. The fraction of sp³-hybridized carbons (Fsp3) is 0.190. The highest BCUT2D eigenvalue weighted by atomic mass is 16.5. The first-order valence-corrected chi connectivity index (χ1v) is 8.80. The molecule has 7 nitrogen and oxygen atoms in total. The van der Waals surface area contributed by atoms with Gasteiger partial charge in [-0.1, -0.05) is 17.3 Å². The summed E-state index contributed by atoms with van der Waals surface area (Å²) in [6, 6.07) is 14.6. The molecule has 0 fully saturated rings. The van der Waals surface area contributed by atoms with Crippen LogP contribution in [0, 0.1) is 6.92 Å². The lowest BCUT2D eigenvalue weighted by atomic mass is 10.1. The molecule has 0 saturated carbocycles. The summed E-state index contributed by atoms with van der Waals surface area (Å²) in [5.41, 5.74) is 2.76. The quantitative estimate of drug-likeness (QED) is 0.480. The molecule has 2 aromatic carbocycles. The van der Waals surface area contributed by atoms with Crippen molar-refractivity contribution in [2.45, 2.75) is 20.1 Å². The van der Waals surface area contributed by atoms with E-state index in [1.165, 1.54) is 6.07 Å². The average Bonchev–Trinajstić information content (AvgIpc) is 3.13. The van der Waals surface area contributed by atoms with Crippen LogP contribution in [0.1, 0.15) is 16.8 Å². The maximum absolute atomic E-state index is 11.9.